The van der Waals surface area contributed by atoms with E-state index in [1.807, 2.05) is 0 Å². The molecule has 0 spiro atoms. The standard InChI is InChI=1S/C16H34O2.C6H10O4/c1-2-3-4-5-6-7-8-9-10-11-12-13-14-15-16(17)18;7-5(8)3-1-2-4-6(9)10/h16-18H,2-15H2,1H3;1-4H2,(H,7,8)(H,9,10). The molecule has 0 aliphatic rings. The van der Waals surface area contributed by atoms with Crippen molar-refractivity contribution in [1.82, 2.24) is 0 Å². The van der Waals surface area contributed by atoms with E-state index in [1.54, 1.807) is 0 Å². The number of carboxylic acid groups (broad SMARTS) is 2. The fourth-order valence-electron chi connectivity index (χ4n) is 2.90. The number of aliphatic carboxylic acids is 2. The van der Waals surface area contributed by atoms with Crippen LogP contribution in [0.3, 0.4) is 0 Å². The number of hydrogen-bond acceptors (Lipinski definition) is 4. The number of aliphatic hydroxyl groups is 2. The molecular formula is C22H44O6. The first-order chi connectivity index (χ1) is 13.4. The molecule has 0 aromatic carbocycles. The summed E-state index contributed by atoms with van der Waals surface area (Å²) in [7, 11) is 0. The van der Waals surface area contributed by atoms with Crippen LogP contribution in [0.25, 0.3) is 0 Å². The fraction of sp³-hybridized carbons (Fsp3) is 0.909. The van der Waals surface area contributed by atoms with Gasteiger partial charge in [-0.05, 0) is 25.7 Å². The molecule has 0 aromatic heterocycles. The summed E-state index contributed by atoms with van der Waals surface area (Å²) in [5, 5.41) is 33.6. The predicted molar refractivity (Wildman–Crippen MR) is 112 cm³/mol. The molecular weight excluding hydrogens is 360 g/mol. The van der Waals surface area contributed by atoms with Gasteiger partial charge in [0.25, 0.3) is 0 Å². The van der Waals surface area contributed by atoms with E-state index in [9.17, 15) is 9.59 Å². The van der Waals surface area contributed by atoms with E-state index in [0.29, 0.717) is 19.3 Å². The zero-order chi connectivity index (χ0) is 21.5. The van der Waals surface area contributed by atoms with Crippen molar-refractivity contribution in [2.75, 3.05) is 0 Å². The van der Waals surface area contributed by atoms with Crippen molar-refractivity contribution >= 4 is 11.9 Å². The highest BCUT2D eigenvalue weighted by atomic mass is 16.5. The monoisotopic (exact) mass is 404 g/mol. The van der Waals surface area contributed by atoms with Gasteiger partial charge in [0.1, 0.15) is 0 Å². The quantitative estimate of drug-likeness (QED) is 0.167. The maximum Gasteiger partial charge on any atom is 0.303 e. The Balaban J connectivity index is 0. The first kappa shape index (κ1) is 29.1. The molecule has 0 atom stereocenters. The van der Waals surface area contributed by atoms with Crippen LogP contribution in [0.1, 0.15) is 122 Å². The van der Waals surface area contributed by atoms with Crippen LogP contribution in [0.4, 0.5) is 0 Å². The highest BCUT2D eigenvalue weighted by molar-refractivity contribution is 5.67. The van der Waals surface area contributed by atoms with E-state index in [0.717, 1.165) is 12.8 Å². The largest absolute Gasteiger partial charge is 0.481 e. The van der Waals surface area contributed by atoms with Crippen LogP contribution in [0.15, 0.2) is 0 Å². The molecule has 0 saturated carbocycles. The third-order valence-electron chi connectivity index (χ3n) is 4.60. The number of aliphatic hydroxyl groups excluding tert-OH is 1. The highest BCUT2D eigenvalue weighted by Gasteiger charge is 1.99. The zero-order valence-electron chi connectivity index (χ0n) is 17.9. The fourth-order valence-corrected chi connectivity index (χ4v) is 2.90. The molecule has 6 nitrogen and oxygen atoms in total. The van der Waals surface area contributed by atoms with Gasteiger partial charge in [-0.2, -0.15) is 0 Å². The van der Waals surface area contributed by atoms with E-state index in [1.165, 1.54) is 70.6 Å². The van der Waals surface area contributed by atoms with Crippen LogP contribution in [0.5, 0.6) is 0 Å². The van der Waals surface area contributed by atoms with Crippen LogP contribution >= 0.6 is 0 Å². The van der Waals surface area contributed by atoms with Gasteiger partial charge in [0.15, 0.2) is 6.29 Å². The minimum atomic E-state index is -1.10. The Labute approximate surface area is 171 Å². The molecule has 6 heteroatoms. The van der Waals surface area contributed by atoms with Crippen LogP contribution < -0.4 is 0 Å². The van der Waals surface area contributed by atoms with Crippen LogP contribution in [0, 0.1) is 0 Å². The molecule has 0 saturated heterocycles. The van der Waals surface area contributed by atoms with Crippen molar-refractivity contribution in [2.24, 2.45) is 0 Å². The summed E-state index contributed by atoms with van der Waals surface area (Å²) in [5.41, 5.74) is 0. The third-order valence-corrected chi connectivity index (χ3v) is 4.60. The van der Waals surface area contributed by atoms with Crippen LogP contribution in [-0.4, -0.2) is 38.7 Å². The van der Waals surface area contributed by atoms with Crippen molar-refractivity contribution in [3.63, 3.8) is 0 Å². The Hall–Kier alpha value is -1.14. The third kappa shape index (κ3) is 32.5. The predicted octanol–water partition coefficient (Wildman–Crippen LogP) is 5.49. The van der Waals surface area contributed by atoms with E-state index in [4.69, 9.17) is 20.4 Å². The van der Waals surface area contributed by atoms with Crippen molar-refractivity contribution in [3.05, 3.63) is 0 Å². The lowest BCUT2D eigenvalue weighted by atomic mass is 10.0. The lowest BCUT2D eigenvalue weighted by Crippen LogP contribution is -2.02. The van der Waals surface area contributed by atoms with Crippen molar-refractivity contribution in [2.45, 2.75) is 129 Å². The van der Waals surface area contributed by atoms with Crippen molar-refractivity contribution in [3.8, 4) is 0 Å². The van der Waals surface area contributed by atoms with Gasteiger partial charge in [0, 0.05) is 12.8 Å². The molecule has 0 heterocycles. The van der Waals surface area contributed by atoms with Gasteiger partial charge < -0.3 is 20.4 Å². The minimum absolute atomic E-state index is 0.0628. The number of rotatable bonds is 19. The summed E-state index contributed by atoms with van der Waals surface area (Å²) < 4.78 is 0. The van der Waals surface area contributed by atoms with Crippen molar-refractivity contribution in [1.29, 1.82) is 0 Å². The second-order valence-electron chi connectivity index (χ2n) is 7.51. The van der Waals surface area contributed by atoms with Crippen LogP contribution in [-0.2, 0) is 9.59 Å². The number of unbranched alkanes of at least 4 members (excludes halogenated alkanes) is 13. The number of carboxylic acids is 2. The zero-order valence-corrected chi connectivity index (χ0v) is 17.9. The molecule has 0 bridgehead atoms. The highest BCUT2D eigenvalue weighted by Crippen LogP contribution is 2.13. The molecule has 28 heavy (non-hydrogen) atoms. The van der Waals surface area contributed by atoms with Gasteiger partial charge in [-0.3, -0.25) is 9.59 Å². The summed E-state index contributed by atoms with van der Waals surface area (Å²) >= 11 is 0. The minimum Gasteiger partial charge on any atom is -0.481 e. The summed E-state index contributed by atoms with van der Waals surface area (Å²) in [6, 6.07) is 0. The number of carbonyl (C=O) groups is 2. The van der Waals surface area contributed by atoms with Gasteiger partial charge in [-0.15, -0.1) is 0 Å². The van der Waals surface area contributed by atoms with E-state index in [-0.39, 0.29) is 12.8 Å². The van der Waals surface area contributed by atoms with Gasteiger partial charge in [0.2, 0.25) is 0 Å². The summed E-state index contributed by atoms with van der Waals surface area (Å²) in [5.74, 6) is -1.74. The average Bonchev–Trinajstić information content (AvgIpc) is 2.63. The van der Waals surface area contributed by atoms with Crippen molar-refractivity contribution < 1.29 is 30.0 Å². The van der Waals surface area contributed by atoms with Gasteiger partial charge in [-0.25, -0.2) is 0 Å². The maximum atomic E-state index is 9.90. The van der Waals surface area contributed by atoms with Crippen LogP contribution in [0.2, 0.25) is 0 Å². The van der Waals surface area contributed by atoms with E-state index < -0.39 is 18.2 Å². The first-order valence-electron chi connectivity index (χ1n) is 11.2. The first-order valence-corrected chi connectivity index (χ1v) is 11.2. The molecule has 4 N–H and O–H groups in total. The van der Waals surface area contributed by atoms with E-state index in [2.05, 4.69) is 6.92 Å². The van der Waals surface area contributed by atoms with Gasteiger partial charge in [0.05, 0.1) is 0 Å². The Bertz CT molecular complexity index is 328. The lowest BCUT2D eigenvalue weighted by Gasteiger charge is -2.04. The molecule has 0 fully saturated rings. The number of hydrogen-bond donors (Lipinski definition) is 4. The molecule has 0 unspecified atom stereocenters. The average molecular weight is 405 g/mol. The molecule has 0 aromatic rings. The SMILES string of the molecule is CCCCCCCCCCCCCCCC(O)O.O=C(O)CCCCC(=O)O. The molecule has 0 radical (unpaired) electrons. The molecule has 0 rings (SSSR count). The Morgan fingerprint density at radius 3 is 1.18 bits per heavy atom. The molecule has 0 aliphatic heterocycles. The second-order valence-corrected chi connectivity index (χ2v) is 7.51. The lowest BCUT2D eigenvalue weighted by molar-refractivity contribution is -0.139. The Morgan fingerprint density at radius 2 is 0.893 bits per heavy atom. The van der Waals surface area contributed by atoms with E-state index >= 15 is 0 Å². The topological polar surface area (TPSA) is 115 Å². The summed E-state index contributed by atoms with van der Waals surface area (Å²) in [6.07, 6.45) is 17.7. The summed E-state index contributed by atoms with van der Waals surface area (Å²) in [6.45, 7) is 2.27. The van der Waals surface area contributed by atoms with Gasteiger partial charge >= 0.3 is 11.9 Å². The molecule has 0 amide bonds. The normalized spacial score (nSPS) is 10.6. The Morgan fingerprint density at radius 1 is 0.571 bits per heavy atom. The molecule has 0 aliphatic carbocycles. The maximum absolute atomic E-state index is 9.90. The second kappa shape index (κ2) is 23.9. The Kier molecular flexibility index (Phi) is 24.8. The van der Waals surface area contributed by atoms with Gasteiger partial charge in [-0.1, -0.05) is 84.0 Å². The molecule has 168 valence electrons. The smallest absolute Gasteiger partial charge is 0.303 e. The summed E-state index contributed by atoms with van der Waals surface area (Å²) in [4.78, 5) is 19.8.